The Kier molecular flexibility index (Phi) is 4.80. The molecule has 0 saturated heterocycles. The van der Waals surface area contributed by atoms with Crippen LogP contribution in [0.1, 0.15) is 35.2 Å². The van der Waals surface area contributed by atoms with Gasteiger partial charge in [-0.2, -0.15) is 0 Å². The van der Waals surface area contributed by atoms with Crippen molar-refractivity contribution < 1.29 is 4.74 Å². The van der Waals surface area contributed by atoms with Gasteiger partial charge in [0.05, 0.1) is 7.11 Å². The molecule has 20 heavy (non-hydrogen) atoms. The Bertz CT molecular complexity index is 577. The summed E-state index contributed by atoms with van der Waals surface area (Å²) in [5.74, 6) is 0.905. The highest BCUT2D eigenvalue weighted by Gasteiger charge is 2.07. The number of benzene rings is 2. The molecule has 1 N–H and O–H groups in total. The summed E-state index contributed by atoms with van der Waals surface area (Å²) in [4.78, 5) is 0. The van der Waals surface area contributed by atoms with Crippen LogP contribution >= 0.6 is 0 Å². The first-order chi connectivity index (χ1) is 9.60. The molecule has 0 spiro atoms. The highest BCUT2D eigenvalue weighted by atomic mass is 16.5. The number of hydrogen-bond acceptors (Lipinski definition) is 2. The maximum atomic E-state index is 5.27. The second-order valence-electron chi connectivity index (χ2n) is 5.31. The molecule has 1 unspecified atom stereocenters. The third-order valence-electron chi connectivity index (χ3n) is 3.70. The summed E-state index contributed by atoms with van der Waals surface area (Å²) in [7, 11) is 1.70. The number of ether oxygens (including phenoxy) is 1. The standard InChI is InChI=1S/C18H23NO/c1-13-8-9-14(2)17(10-13)12-19-15(3)16-6-5-7-18(11-16)20-4/h5-11,15,19H,12H2,1-4H3. The Morgan fingerprint density at radius 1 is 1.10 bits per heavy atom. The monoisotopic (exact) mass is 269 g/mol. The van der Waals surface area contributed by atoms with E-state index in [0.29, 0.717) is 6.04 Å². The highest BCUT2D eigenvalue weighted by molar-refractivity contribution is 5.32. The third kappa shape index (κ3) is 3.61. The number of hydrogen-bond donors (Lipinski definition) is 1. The quantitative estimate of drug-likeness (QED) is 0.880. The maximum absolute atomic E-state index is 5.27. The Labute approximate surface area is 121 Å². The second-order valence-corrected chi connectivity index (χ2v) is 5.31. The van der Waals surface area contributed by atoms with Crippen molar-refractivity contribution in [2.45, 2.75) is 33.4 Å². The molecule has 0 bridgehead atoms. The summed E-state index contributed by atoms with van der Waals surface area (Å²) in [5.41, 5.74) is 5.25. The molecule has 0 aliphatic carbocycles. The van der Waals surface area contributed by atoms with Crippen molar-refractivity contribution in [3.05, 3.63) is 64.7 Å². The minimum atomic E-state index is 0.296. The van der Waals surface area contributed by atoms with E-state index in [9.17, 15) is 0 Å². The van der Waals surface area contributed by atoms with Gasteiger partial charge in [0.1, 0.15) is 5.75 Å². The van der Waals surface area contributed by atoms with Crippen LogP contribution in [0.15, 0.2) is 42.5 Å². The lowest BCUT2D eigenvalue weighted by molar-refractivity contribution is 0.413. The van der Waals surface area contributed by atoms with Gasteiger partial charge in [-0.3, -0.25) is 0 Å². The first kappa shape index (κ1) is 14.6. The van der Waals surface area contributed by atoms with Crippen LogP contribution in [0.5, 0.6) is 5.75 Å². The molecule has 1 atom stereocenters. The molecular weight excluding hydrogens is 246 g/mol. The van der Waals surface area contributed by atoms with E-state index < -0.39 is 0 Å². The molecular formula is C18H23NO. The van der Waals surface area contributed by atoms with Crippen LogP contribution in [0.25, 0.3) is 0 Å². The molecule has 0 saturated carbocycles. The molecule has 2 nitrogen and oxygen atoms in total. The zero-order chi connectivity index (χ0) is 14.5. The molecule has 106 valence electrons. The summed E-state index contributed by atoms with van der Waals surface area (Å²) in [5, 5.41) is 3.58. The Balaban J connectivity index is 2.04. The Morgan fingerprint density at radius 2 is 1.90 bits per heavy atom. The molecule has 2 rings (SSSR count). The molecule has 2 heteroatoms. The summed E-state index contributed by atoms with van der Waals surface area (Å²) in [6.07, 6.45) is 0. The van der Waals surface area contributed by atoms with E-state index >= 15 is 0 Å². The third-order valence-corrected chi connectivity index (χ3v) is 3.70. The topological polar surface area (TPSA) is 21.3 Å². The lowest BCUT2D eigenvalue weighted by Gasteiger charge is -2.16. The SMILES string of the molecule is COc1cccc(C(C)NCc2cc(C)ccc2C)c1. The van der Waals surface area contributed by atoms with E-state index in [1.807, 2.05) is 12.1 Å². The van der Waals surface area contributed by atoms with Crippen LogP contribution in [0, 0.1) is 13.8 Å². The fourth-order valence-corrected chi connectivity index (χ4v) is 2.28. The van der Waals surface area contributed by atoms with Gasteiger partial charge in [0.2, 0.25) is 0 Å². The van der Waals surface area contributed by atoms with Gasteiger partial charge in [0.15, 0.2) is 0 Å². The molecule has 0 radical (unpaired) electrons. The van der Waals surface area contributed by atoms with Crippen LogP contribution in [0.3, 0.4) is 0 Å². The van der Waals surface area contributed by atoms with Crippen LogP contribution < -0.4 is 10.1 Å². The number of rotatable bonds is 5. The average molecular weight is 269 g/mol. The van der Waals surface area contributed by atoms with Crippen molar-refractivity contribution in [3.63, 3.8) is 0 Å². The van der Waals surface area contributed by atoms with Crippen molar-refractivity contribution in [1.82, 2.24) is 5.32 Å². The van der Waals surface area contributed by atoms with Gasteiger partial charge in [-0.05, 0) is 49.6 Å². The molecule has 0 aliphatic rings. The van der Waals surface area contributed by atoms with E-state index in [-0.39, 0.29) is 0 Å². The zero-order valence-electron chi connectivity index (χ0n) is 12.7. The van der Waals surface area contributed by atoms with Gasteiger partial charge in [-0.1, -0.05) is 35.9 Å². The van der Waals surface area contributed by atoms with E-state index in [1.54, 1.807) is 7.11 Å². The van der Waals surface area contributed by atoms with Gasteiger partial charge in [0.25, 0.3) is 0 Å². The number of nitrogens with one attached hydrogen (secondary N) is 1. The molecule has 0 fully saturated rings. The summed E-state index contributed by atoms with van der Waals surface area (Å²) in [6, 6.07) is 15.1. The normalized spacial score (nSPS) is 12.2. The predicted molar refractivity (Wildman–Crippen MR) is 84.2 cm³/mol. The van der Waals surface area contributed by atoms with Gasteiger partial charge in [-0.25, -0.2) is 0 Å². The zero-order valence-corrected chi connectivity index (χ0v) is 12.7. The fourth-order valence-electron chi connectivity index (χ4n) is 2.28. The van der Waals surface area contributed by atoms with Gasteiger partial charge in [0, 0.05) is 12.6 Å². The molecule has 0 amide bonds. The van der Waals surface area contributed by atoms with Crippen molar-refractivity contribution in [3.8, 4) is 5.75 Å². The number of aryl methyl sites for hydroxylation is 2. The highest BCUT2D eigenvalue weighted by Crippen LogP contribution is 2.19. The van der Waals surface area contributed by atoms with Crippen molar-refractivity contribution in [1.29, 1.82) is 0 Å². The van der Waals surface area contributed by atoms with Crippen molar-refractivity contribution in [2.24, 2.45) is 0 Å². The molecule has 0 aromatic heterocycles. The largest absolute Gasteiger partial charge is 0.497 e. The lowest BCUT2D eigenvalue weighted by atomic mass is 10.0. The smallest absolute Gasteiger partial charge is 0.119 e. The summed E-state index contributed by atoms with van der Waals surface area (Å²) in [6.45, 7) is 7.35. The lowest BCUT2D eigenvalue weighted by Crippen LogP contribution is -2.18. The minimum absolute atomic E-state index is 0.296. The Hall–Kier alpha value is -1.80. The Morgan fingerprint density at radius 3 is 2.65 bits per heavy atom. The van der Waals surface area contributed by atoms with E-state index in [1.165, 1.54) is 22.3 Å². The van der Waals surface area contributed by atoms with E-state index in [4.69, 9.17) is 4.74 Å². The predicted octanol–water partition coefficient (Wildman–Crippen LogP) is 4.16. The second kappa shape index (κ2) is 6.58. The molecule has 2 aromatic rings. The summed E-state index contributed by atoms with van der Waals surface area (Å²) < 4.78 is 5.27. The van der Waals surface area contributed by atoms with E-state index in [2.05, 4.69) is 56.4 Å². The summed E-state index contributed by atoms with van der Waals surface area (Å²) >= 11 is 0. The maximum Gasteiger partial charge on any atom is 0.119 e. The van der Waals surface area contributed by atoms with Gasteiger partial charge in [-0.15, -0.1) is 0 Å². The van der Waals surface area contributed by atoms with Crippen molar-refractivity contribution in [2.75, 3.05) is 7.11 Å². The van der Waals surface area contributed by atoms with E-state index in [0.717, 1.165) is 12.3 Å². The molecule has 0 aliphatic heterocycles. The van der Waals surface area contributed by atoms with Crippen LogP contribution in [-0.4, -0.2) is 7.11 Å². The fraction of sp³-hybridized carbons (Fsp3) is 0.333. The van der Waals surface area contributed by atoms with Gasteiger partial charge >= 0.3 is 0 Å². The van der Waals surface area contributed by atoms with Gasteiger partial charge < -0.3 is 10.1 Å². The van der Waals surface area contributed by atoms with Crippen LogP contribution in [0.4, 0.5) is 0 Å². The minimum Gasteiger partial charge on any atom is -0.497 e. The van der Waals surface area contributed by atoms with Crippen molar-refractivity contribution >= 4 is 0 Å². The first-order valence-electron chi connectivity index (χ1n) is 7.03. The first-order valence-corrected chi connectivity index (χ1v) is 7.03. The molecule has 2 aromatic carbocycles. The molecule has 0 heterocycles. The number of methoxy groups -OCH3 is 1. The van der Waals surface area contributed by atoms with Crippen LogP contribution in [0.2, 0.25) is 0 Å². The average Bonchev–Trinajstić information content (AvgIpc) is 2.48. The van der Waals surface area contributed by atoms with Crippen LogP contribution in [-0.2, 0) is 6.54 Å².